The molecule has 0 aromatic heterocycles. The molecule has 0 unspecified atom stereocenters. The van der Waals surface area contributed by atoms with Gasteiger partial charge in [-0.3, -0.25) is 4.79 Å². The van der Waals surface area contributed by atoms with Crippen LogP contribution in [0.4, 0.5) is 30.7 Å². The third kappa shape index (κ3) is 6.95. The molecule has 44 heavy (non-hydrogen) atoms. The molecule has 0 spiro atoms. The number of alkyl halides is 6. The lowest BCUT2D eigenvalue weighted by Gasteiger charge is -2.45. The van der Waals surface area contributed by atoms with Crippen molar-refractivity contribution in [1.82, 2.24) is 10.2 Å². The zero-order chi connectivity index (χ0) is 31.7. The highest BCUT2D eigenvalue weighted by atomic mass is 19.4. The van der Waals surface area contributed by atoms with Crippen molar-refractivity contribution in [2.75, 3.05) is 13.1 Å². The summed E-state index contributed by atoms with van der Waals surface area (Å²) in [5.41, 5.74) is -2.14. The van der Waals surface area contributed by atoms with Crippen LogP contribution in [0.1, 0.15) is 85.2 Å². The molecule has 3 aromatic carbocycles. The Balaban J connectivity index is 1.31. The van der Waals surface area contributed by atoms with Gasteiger partial charge in [-0.05, 0) is 111 Å². The molecule has 1 N–H and O–H groups in total. The highest BCUT2D eigenvalue weighted by Gasteiger charge is 2.45. The second kappa shape index (κ2) is 12.5. The molecule has 10 heteroatoms. The van der Waals surface area contributed by atoms with Crippen LogP contribution in [0.5, 0.6) is 0 Å². The predicted molar refractivity (Wildman–Crippen MR) is 153 cm³/mol. The summed E-state index contributed by atoms with van der Waals surface area (Å²) in [5.74, 6) is -0.301. The number of hydrogen-bond donors (Lipinski definition) is 1. The number of likely N-dealkylation sites (tertiary alicyclic amines) is 1. The Labute approximate surface area is 252 Å². The van der Waals surface area contributed by atoms with Gasteiger partial charge in [0.1, 0.15) is 5.82 Å². The SMILES string of the molecule is C[C@H](NC(=O)[C@]1(c2ccccc2)CC[C@@H](N2CCC(c3ccc(F)cc3)CC2)CC1)c1cc(C(F)(F)F)cc(C(F)(F)F)c1. The first-order valence-corrected chi connectivity index (χ1v) is 14.9. The zero-order valence-corrected chi connectivity index (χ0v) is 24.3. The summed E-state index contributed by atoms with van der Waals surface area (Å²) in [5, 5.41) is 2.77. The van der Waals surface area contributed by atoms with Gasteiger partial charge in [0, 0.05) is 6.04 Å². The molecule has 1 saturated heterocycles. The summed E-state index contributed by atoms with van der Waals surface area (Å²) in [7, 11) is 0. The predicted octanol–water partition coefficient (Wildman–Crippen LogP) is 8.80. The fourth-order valence-corrected chi connectivity index (χ4v) is 6.84. The van der Waals surface area contributed by atoms with Crippen LogP contribution in [0, 0.1) is 5.82 Å². The molecule has 236 valence electrons. The van der Waals surface area contributed by atoms with E-state index in [4.69, 9.17) is 0 Å². The van der Waals surface area contributed by atoms with Gasteiger partial charge >= 0.3 is 12.4 Å². The maximum atomic E-state index is 14.0. The molecular weight excluding hydrogens is 585 g/mol. The van der Waals surface area contributed by atoms with Gasteiger partial charge in [0.25, 0.3) is 0 Å². The fraction of sp³-hybridized carbons (Fsp3) is 0.441. The summed E-state index contributed by atoms with van der Waals surface area (Å²) >= 11 is 0. The molecule has 0 bridgehead atoms. The Kier molecular flexibility index (Phi) is 9.12. The standard InChI is InChI=1S/C34H35F7N2O/c1-22(25-19-27(33(36,37)38)21-28(20-25)34(39,40)41)42-31(44)32(26-5-3-2-4-6-26)15-11-30(12-16-32)43-17-13-24(14-18-43)23-7-9-29(35)10-8-23/h2-10,19-22,24,30H,11-18H2,1H3,(H,42,44)/t22-,30-,32-/m0/s1. The maximum absolute atomic E-state index is 14.0. The molecule has 0 radical (unpaired) electrons. The number of rotatable bonds is 6. The molecule has 1 heterocycles. The van der Waals surface area contributed by atoms with E-state index in [9.17, 15) is 35.5 Å². The number of carbonyl (C=O) groups is 1. The van der Waals surface area contributed by atoms with Gasteiger partial charge in [0.15, 0.2) is 0 Å². The number of amides is 1. The molecule has 5 rings (SSSR count). The van der Waals surface area contributed by atoms with Gasteiger partial charge in [0.05, 0.1) is 22.6 Å². The number of nitrogens with one attached hydrogen (secondary N) is 1. The zero-order valence-electron chi connectivity index (χ0n) is 24.3. The summed E-state index contributed by atoms with van der Waals surface area (Å²) in [6.45, 7) is 3.17. The van der Waals surface area contributed by atoms with E-state index in [1.165, 1.54) is 19.1 Å². The van der Waals surface area contributed by atoms with Crippen molar-refractivity contribution in [2.24, 2.45) is 0 Å². The molecule has 1 saturated carbocycles. The van der Waals surface area contributed by atoms with Crippen molar-refractivity contribution in [3.63, 3.8) is 0 Å². The Hall–Kier alpha value is -3.40. The second-order valence-corrected chi connectivity index (χ2v) is 12.1. The molecule has 2 fully saturated rings. The van der Waals surface area contributed by atoms with Crippen LogP contribution in [0.3, 0.4) is 0 Å². The molecule has 1 aliphatic carbocycles. The van der Waals surface area contributed by atoms with Gasteiger partial charge in [-0.2, -0.15) is 26.3 Å². The highest BCUT2D eigenvalue weighted by Crippen LogP contribution is 2.43. The average Bonchev–Trinajstić information content (AvgIpc) is 3.01. The molecule has 2 aliphatic rings. The number of nitrogens with zero attached hydrogens (tertiary/aromatic N) is 1. The summed E-state index contributed by atoms with van der Waals surface area (Å²) < 4.78 is 94.2. The first-order chi connectivity index (χ1) is 20.8. The molecule has 1 amide bonds. The minimum absolute atomic E-state index is 0.0905. The van der Waals surface area contributed by atoms with Crippen LogP contribution < -0.4 is 5.32 Å². The van der Waals surface area contributed by atoms with Gasteiger partial charge in [0.2, 0.25) is 5.91 Å². The molecule has 1 aliphatic heterocycles. The van der Waals surface area contributed by atoms with Crippen LogP contribution in [-0.2, 0) is 22.6 Å². The van der Waals surface area contributed by atoms with Crippen molar-refractivity contribution < 1.29 is 35.5 Å². The largest absolute Gasteiger partial charge is 0.416 e. The highest BCUT2D eigenvalue weighted by molar-refractivity contribution is 5.88. The fourth-order valence-electron chi connectivity index (χ4n) is 6.84. The third-order valence-corrected chi connectivity index (χ3v) is 9.41. The number of carbonyl (C=O) groups excluding carboxylic acids is 1. The van der Waals surface area contributed by atoms with Gasteiger partial charge < -0.3 is 10.2 Å². The van der Waals surface area contributed by atoms with E-state index in [1.54, 1.807) is 0 Å². The topological polar surface area (TPSA) is 32.3 Å². The van der Waals surface area contributed by atoms with E-state index < -0.39 is 40.8 Å². The third-order valence-electron chi connectivity index (χ3n) is 9.41. The van der Waals surface area contributed by atoms with E-state index in [0.29, 0.717) is 30.9 Å². The van der Waals surface area contributed by atoms with E-state index in [2.05, 4.69) is 10.2 Å². The number of halogens is 7. The minimum Gasteiger partial charge on any atom is -0.349 e. The minimum atomic E-state index is -4.98. The van der Waals surface area contributed by atoms with Gasteiger partial charge in [-0.15, -0.1) is 0 Å². The summed E-state index contributed by atoms with van der Waals surface area (Å²) in [4.78, 5) is 16.4. The van der Waals surface area contributed by atoms with Crippen LogP contribution >= 0.6 is 0 Å². The van der Waals surface area contributed by atoms with Crippen LogP contribution in [-0.4, -0.2) is 29.9 Å². The molecule has 3 nitrogen and oxygen atoms in total. The lowest BCUT2D eigenvalue weighted by atomic mass is 9.67. The Morgan fingerprint density at radius 2 is 1.36 bits per heavy atom. The quantitative estimate of drug-likeness (QED) is 0.280. The van der Waals surface area contributed by atoms with E-state index in [0.717, 1.165) is 49.9 Å². The smallest absolute Gasteiger partial charge is 0.349 e. The Morgan fingerprint density at radius 3 is 1.89 bits per heavy atom. The van der Waals surface area contributed by atoms with E-state index in [-0.39, 0.29) is 23.5 Å². The summed E-state index contributed by atoms with van der Waals surface area (Å²) in [6.07, 6.45) is -5.63. The van der Waals surface area contributed by atoms with Crippen LogP contribution in [0.15, 0.2) is 72.8 Å². The monoisotopic (exact) mass is 620 g/mol. The first kappa shape index (κ1) is 32.0. The number of piperidine rings is 1. The van der Waals surface area contributed by atoms with Crippen molar-refractivity contribution in [1.29, 1.82) is 0 Å². The lowest BCUT2D eigenvalue weighted by molar-refractivity contribution is -0.143. The van der Waals surface area contributed by atoms with Crippen LogP contribution in [0.25, 0.3) is 0 Å². The molecule has 3 aromatic rings. The van der Waals surface area contributed by atoms with Crippen LogP contribution in [0.2, 0.25) is 0 Å². The average molecular weight is 621 g/mol. The van der Waals surface area contributed by atoms with E-state index >= 15 is 0 Å². The Morgan fingerprint density at radius 1 is 0.818 bits per heavy atom. The van der Waals surface area contributed by atoms with E-state index in [1.807, 2.05) is 42.5 Å². The first-order valence-electron chi connectivity index (χ1n) is 14.9. The molecule has 1 atom stereocenters. The normalized spacial score (nSPS) is 22.9. The second-order valence-electron chi connectivity index (χ2n) is 12.1. The van der Waals surface area contributed by atoms with Gasteiger partial charge in [-0.25, -0.2) is 4.39 Å². The van der Waals surface area contributed by atoms with Crippen molar-refractivity contribution in [3.8, 4) is 0 Å². The lowest BCUT2D eigenvalue weighted by Crippen LogP contribution is -2.51. The Bertz CT molecular complexity index is 1390. The molecular formula is C34H35F7N2O. The van der Waals surface area contributed by atoms with Gasteiger partial charge in [-0.1, -0.05) is 42.5 Å². The van der Waals surface area contributed by atoms with Crippen molar-refractivity contribution in [2.45, 2.75) is 81.2 Å². The van der Waals surface area contributed by atoms with Crippen molar-refractivity contribution >= 4 is 5.91 Å². The van der Waals surface area contributed by atoms with Crippen molar-refractivity contribution in [3.05, 3.63) is 106 Å². The maximum Gasteiger partial charge on any atom is 0.416 e. The number of hydrogen-bond acceptors (Lipinski definition) is 2. The number of benzene rings is 3. The summed E-state index contributed by atoms with van der Waals surface area (Å²) in [6, 6.07) is 16.4.